The lowest BCUT2D eigenvalue weighted by Crippen LogP contribution is -2.60. The molecule has 1 saturated heterocycles. The molecule has 1 fully saturated rings. The molecule has 0 radical (unpaired) electrons. The highest BCUT2D eigenvalue weighted by atomic mass is 16.6. The first-order valence-electron chi connectivity index (χ1n) is 6.81. The van der Waals surface area contributed by atoms with Gasteiger partial charge in [-0.3, -0.25) is 4.79 Å². The van der Waals surface area contributed by atoms with Gasteiger partial charge >= 0.3 is 0 Å². The highest BCUT2D eigenvalue weighted by Gasteiger charge is 2.60. The zero-order valence-corrected chi connectivity index (χ0v) is 12.0. The Morgan fingerprint density at radius 1 is 1.04 bits per heavy atom. The van der Waals surface area contributed by atoms with Gasteiger partial charge in [-0.25, -0.2) is 0 Å². The first-order valence-corrected chi connectivity index (χ1v) is 6.81. The molecule has 1 aliphatic heterocycles. The van der Waals surface area contributed by atoms with E-state index < -0.39 is 73.9 Å². The highest BCUT2D eigenvalue weighted by Crippen LogP contribution is 2.33. The third kappa shape index (κ3) is 3.53. The Morgan fingerprint density at radius 2 is 1.61 bits per heavy atom. The molecule has 0 bridgehead atoms. The quantitative estimate of drug-likeness (QED) is 0.203. The largest absolute Gasteiger partial charge is 0.394 e. The summed E-state index contributed by atoms with van der Waals surface area (Å²) in [5.74, 6) is -1.47. The zero-order valence-electron chi connectivity index (χ0n) is 12.0. The first kappa shape index (κ1) is 20.3. The number of hydrogen-bond donors (Lipinski definition) is 9. The molecule has 0 amide bonds. The van der Waals surface area contributed by atoms with Crippen LogP contribution in [0.4, 0.5) is 0 Å². The van der Waals surface area contributed by atoms with E-state index in [1.54, 1.807) is 0 Å². The van der Waals surface area contributed by atoms with Crippen LogP contribution >= 0.6 is 0 Å². The Kier molecular flexibility index (Phi) is 6.97. The van der Waals surface area contributed by atoms with E-state index in [0.717, 1.165) is 0 Å². The van der Waals surface area contributed by atoms with E-state index in [1.807, 2.05) is 0 Å². The topological polar surface area (TPSA) is 208 Å². The van der Waals surface area contributed by atoms with Crippen molar-refractivity contribution in [2.45, 2.75) is 48.3 Å². The van der Waals surface area contributed by atoms with Crippen LogP contribution in [0.25, 0.3) is 0 Å². The molecule has 0 saturated carbocycles. The molecule has 136 valence electrons. The Hall–Kier alpha value is -0.730. The maximum absolute atomic E-state index is 12.3. The van der Waals surface area contributed by atoms with Gasteiger partial charge in [-0.2, -0.15) is 0 Å². The number of ether oxygens (including phenoxy) is 1. The number of Topliss-reactive ketones (excluding diaryl/α,β-unsaturated/α-hetero) is 1. The van der Waals surface area contributed by atoms with Crippen LogP contribution < -0.4 is 0 Å². The van der Waals surface area contributed by atoms with Crippen LogP contribution in [0.1, 0.15) is 0 Å². The van der Waals surface area contributed by atoms with Crippen molar-refractivity contribution >= 4 is 5.78 Å². The van der Waals surface area contributed by atoms with Crippen molar-refractivity contribution in [3.05, 3.63) is 0 Å². The first-order chi connectivity index (χ1) is 10.7. The number of aliphatic hydroxyl groups is 9. The summed E-state index contributed by atoms with van der Waals surface area (Å²) >= 11 is 0. The monoisotopic (exact) mass is 342 g/mol. The Balaban J connectivity index is 3.00. The van der Waals surface area contributed by atoms with Crippen LogP contribution in [-0.4, -0.2) is 120 Å². The molecule has 23 heavy (non-hydrogen) atoms. The van der Waals surface area contributed by atoms with Crippen molar-refractivity contribution in [2.75, 3.05) is 19.8 Å². The molecule has 0 aromatic heterocycles. The summed E-state index contributed by atoms with van der Waals surface area (Å²) in [6, 6.07) is 0. The van der Waals surface area contributed by atoms with Gasteiger partial charge in [0.15, 0.2) is 5.60 Å². The molecule has 0 unspecified atom stereocenters. The van der Waals surface area contributed by atoms with E-state index >= 15 is 0 Å². The van der Waals surface area contributed by atoms with Gasteiger partial charge < -0.3 is 50.7 Å². The number of ketones is 1. The van der Waals surface area contributed by atoms with E-state index in [4.69, 9.17) is 14.9 Å². The van der Waals surface area contributed by atoms with Crippen LogP contribution in [0.2, 0.25) is 0 Å². The lowest BCUT2D eigenvalue weighted by atomic mass is 9.85. The minimum Gasteiger partial charge on any atom is -0.394 e. The van der Waals surface area contributed by atoms with E-state index in [2.05, 4.69) is 0 Å². The van der Waals surface area contributed by atoms with Crippen molar-refractivity contribution in [2.24, 2.45) is 0 Å². The molecule has 1 rings (SSSR count). The van der Waals surface area contributed by atoms with Crippen molar-refractivity contribution in [3.63, 3.8) is 0 Å². The lowest BCUT2D eigenvalue weighted by molar-refractivity contribution is -0.181. The summed E-state index contributed by atoms with van der Waals surface area (Å²) in [6.45, 7) is -2.95. The van der Waals surface area contributed by atoms with E-state index in [9.17, 15) is 40.5 Å². The van der Waals surface area contributed by atoms with Crippen LogP contribution in [0, 0.1) is 0 Å². The fourth-order valence-electron chi connectivity index (χ4n) is 2.37. The fraction of sp³-hybridized carbons (Fsp3) is 0.917. The summed E-state index contributed by atoms with van der Waals surface area (Å²) in [4.78, 5) is 12.3. The molecule has 9 N–H and O–H groups in total. The van der Waals surface area contributed by atoms with Crippen LogP contribution in [-0.2, 0) is 9.53 Å². The third-order valence-corrected chi connectivity index (χ3v) is 3.90. The summed E-state index contributed by atoms with van der Waals surface area (Å²) in [5.41, 5.74) is -2.53. The zero-order chi connectivity index (χ0) is 17.9. The number of carbonyl (C=O) groups is 1. The average molecular weight is 342 g/mol. The summed E-state index contributed by atoms with van der Waals surface area (Å²) in [6.07, 6.45) is -13.8. The standard InChI is InChI=1S/C12H22O11/c13-1-4(16)6(17)8(19)9(20)11(22)12(3-15)10(21)7(18)5(2-14)23-12/h4-10,13-21H,1-3H2/t4-,5-,6-,7-,8+,9-,10+,12+/m1/s1. The van der Waals surface area contributed by atoms with Gasteiger partial charge in [-0.05, 0) is 0 Å². The predicted octanol–water partition coefficient (Wildman–Crippen LogP) is -6.16. The molecule has 0 aliphatic carbocycles. The average Bonchev–Trinajstić information content (AvgIpc) is 2.83. The molecule has 0 aromatic rings. The van der Waals surface area contributed by atoms with Gasteiger partial charge in [0, 0.05) is 0 Å². The van der Waals surface area contributed by atoms with Gasteiger partial charge in [0.2, 0.25) is 5.78 Å². The van der Waals surface area contributed by atoms with Gasteiger partial charge in [-0.1, -0.05) is 0 Å². The molecular formula is C12H22O11. The molecular weight excluding hydrogens is 320 g/mol. The maximum atomic E-state index is 12.3. The molecule has 1 aliphatic rings. The van der Waals surface area contributed by atoms with Crippen molar-refractivity contribution in [3.8, 4) is 0 Å². The Labute approximate surface area is 130 Å². The maximum Gasteiger partial charge on any atom is 0.200 e. The minimum atomic E-state index is -2.53. The smallest absolute Gasteiger partial charge is 0.200 e. The predicted molar refractivity (Wildman–Crippen MR) is 69.9 cm³/mol. The fourth-order valence-corrected chi connectivity index (χ4v) is 2.37. The van der Waals surface area contributed by atoms with E-state index in [1.165, 1.54) is 0 Å². The minimum absolute atomic E-state index is 0.794. The third-order valence-electron chi connectivity index (χ3n) is 3.90. The SMILES string of the molecule is O=C([C@H](O)[C@@H](O)[C@H](O)[C@H](O)CO)[C@@]1(CO)O[C@H](CO)[C@@H](O)[C@@H]1O. The normalized spacial score (nSPS) is 36.5. The number of carbonyl (C=O) groups excluding carboxylic acids is 1. The van der Waals surface area contributed by atoms with Crippen LogP contribution in [0.3, 0.4) is 0 Å². The molecule has 0 aromatic carbocycles. The van der Waals surface area contributed by atoms with Gasteiger partial charge in [0.05, 0.1) is 19.8 Å². The molecule has 1 heterocycles. The second kappa shape index (κ2) is 7.90. The second-order valence-electron chi connectivity index (χ2n) is 5.36. The number of aliphatic hydroxyl groups excluding tert-OH is 9. The second-order valence-corrected chi connectivity index (χ2v) is 5.36. The summed E-state index contributed by atoms with van der Waals surface area (Å²) < 4.78 is 4.96. The summed E-state index contributed by atoms with van der Waals surface area (Å²) in [5, 5.41) is 84.8. The Morgan fingerprint density at radius 3 is 2.00 bits per heavy atom. The Bertz CT molecular complexity index is 404. The van der Waals surface area contributed by atoms with Crippen molar-refractivity contribution < 1.29 is 55.5 Å². The van der Waals surface area contributed by atoms with Crippen LogP contribution in [0.15, 0.2) is 0 Å². The van der Waals surface area contributed by atoms with Gasteiger partial charge in [0.1, 0.15) is 42.7 Å². The van der Waals surface area contributed by atoms with Crippen molar-refractivity contribution in [1.29, 1.82) is 0 Å². The lowest BCUT2D eigenvalue weighted by Gasteiger charge is -2.33. The molecule has 8 atom stereocenters. The summed E-state index contributed by atoms with van der Waals surface area (Å²) in [7, 11) is 0. The van der Waals surface area contributed by atoms with E-state index in [0.29, 0.717) is 0 Å². The number of hydrogen-bond acceptors (Lipinski definition) is 11. The van der Waals surface area contributed by atoms with E-state index in [-0.39, 0.29) is 0 Å². The molecule has 11 nitrogen and oxygen atoms in total. The van der Waals surface area contributed by atoms with Gasteiger partial charge in [-0.15, -0.1) is 0 Å². The highest BCUT2D eigenvalue weighted by molar-refractivity contribution is 5.93. The van der Waals surface area contributed by atoms with Crippen LogP contribution in [0.5, 0.6) is 0 Å². The molecule has 0 spiro atoms. The molecule has 11 heteroatoms. The van der Waals surface area contributed by atoms with Crippen molar-refractivity contribution in [1.82, 2.24) is 0 Å². The number of rotatable bonds is 8. The van der Waals surface area contributed by atoms with Gasteiger partial charge in [0.25, 0.3) is 0 Å².